The summed E-state index contributed by atoms with van der Waals surface area (Å²) in [6.07, 6.45) is 6.88. The first-order valence-corrected chi connectivity index (χ1v) is 9.12. The Bertz CT molecular complexity index is 337. The molecule has 18 heavy (non-hydrogen) atoms. The lowest BCUT2D eigenvalue weighted by molar-refractivity contribution is 0.493. The molecule has 1 rings (SSSR count). The third-order valence-corrected chi connectivity index (χ3v) is 4.85. The standard InChI is InChI=1S/C14H26N2S2/c1-5-9-15-13(8-7-10-17-4)14-16-12(6-2)11(3)18-14/h13,15H,5-10H2,1-4H3. The van der Waals surface area contributed by atoms with E-state index in [0.29, 0.717) is 6.04 Å². The largest absolute Gasteiger partial charge is 0.308 e. The average Bonchev–Trinajstić information content (AvgIpc) is 2.75. The molecule has 1 unspecified atom stereocenters. The smallest absolute Gasteiger partial charge is 0.110 e. The highest BCUT2D eigenvalue weighted by molar-refractivity contribution is 7.98. The van der Waals surface area contributed by atoms with Crippen LogP contribution in [-0.2, 0) is 6.42 Å². The zero-order chi connectivity index (χ0) is 13.4. The number of thiazole rings is 1. The maximum atomic E-state index is 4.81. The molecule has 4 heteroatoms. The van der Waals surface area contributed by atoms with Crippen molar-refractivity contribution in [3.05, 3.63) is 15.6 Å². The van der Waals surface area contributed by atoms with Crippen molar-refractivity contribution in [2.24, 2.45) is 0 Å². The normalized spacial score (nSPS) is 12.9. The maximum absolute atomic E-state index is 4.81. The molecule has 1 aromatic rings. The SMILES string of the molecule is CCCNC(CCCSC)c1nc(CC)c(C)s1. The zero-order valence-electron chi connectivity index (χ0n) is 12.1. The molecule has 0 aliphatic rings. The predicted molar refractivity (Wildman–Crippen MR) is 84.9 cm³/mol. The molecule has 1 N–H and O–H groups in total. The van der Waals surface area contributed by atoms with Crippen molar-refractivity contribution in [3.8, 4) is 0 Å². The fourth-order valence-electron chi connectivity index (χ4n) is 1.99. The Balaban J connectivity index is 2.66. The molecule has 0 amide bonds. The first kappa shape index (κ1) is 16.0. The van der Waals surface area contributed by atoms with E-state index in [9.17, 15) is 0 Å². The van der Waals surface area contributed by atoms with Crippen LogP contribution in [0.15, 0.2) is 0 Å². The molecule has 0 aromatic carbocycles. The topological polar surface area (TPSA) is 24.9 Å². The van der Waals surface area contributed by atoms with Gasteiger partial charge in [0.25, 0.3) is 0 Å². The minimum absolute atomic E-state index is 0.459. The lowest BCUT2D eigenvalue weighted by Gasteiger charge is -2.15. The van der Waals surface area contributed by atoms with E-state index in [1.807, 2.05) is 23.1 Å². The summed E-state index contributed by atoms with van der Waals surface area (Å²) in [5.41, 5.74) is 1.28. The van der Waals surface area contributed by atoms with E-state index in [1.54, 1.807) is 0 Å². The fraction of sp³-hybridized carbons (Fsp3) is 0.786. The van der Waals surface area contributed by atoms with Crippen LogP contribution in [0, 0.1) is 6.92 Å². The number of nitrogens with zero attached hydrogens (tertiary/aromatic N) is 1. The van der Waals surface area contributed by atoms with Gasteiger partial charge in [0.2, 0.25) is 0 Å². The molecule has 0 spiro atoms. The minimum atomic E-state index is 0.459. The molecule has 104 valence electrons. The van der Waals surface area contributed by atoms with Crippen LogP contribution in [0.3, 0.4) is 0 Å². The van der Waals surface area contributed by atoms with Crippen molar-refractivity contribution < 1.29 is 0 Å². The Kier molecular flexibility index (Phi) is 7.95. The van der Waals surface area contributed by atoms with Crippen LogP contribution < -0.4 is 5.32 Å². The molecule has 0 radical (unpaired) electrons. The zero-order valence-corrected chi connectivity index (χ0v) is 13.7. The van der Waals surface area contributed by atoms with Gasteiger partial charge < -0.3 is 5.32 Å². The summed E-state index contributed by atoms with van der Waals surface area (Å²) in [6.45, 7) is 7.69. The molecular weight excluding hydrogens is 260 g/mol. The van der Waals surface area contributed by atoms with E-state index in [2.05, 4.69) is 32.3 Å². The molecule has 0 aliphatic heterocycles. The molecule has 0 saturated carbocycles. The summed E-state index contributed by atoms with van der Waals surface area (Å²) in [5.74, 6) is 1.25. The van der Waals surface area contributed by atoms with Crippen LogP contribution in [0.25, 0.3) is 0 Å². The predicted octanol–water partition coefficient (Wildman–Crippen LogP) is 4.20. The van der Waals surface area contributed by atoms with Crippen molar-refractivity contribution in [2.45, 2.75) is 52.5 Å². The molecule has 0 bridgehead atoms. The lowest BCUT2D eigenvalue weighted by Crippen LogP contribution is -2.22. The van der Waals surface area contributed by atoms with Gasteiger partial charge in [-0.2, -0.15) is 11.8 Å². The highest BCUT2D eigenvalue weighted by atomic mass is 32.2. The monoisotopic (exact) mass is 286 g/mol. The van der Waals surface area contributed by atoms with Crippen LogP contribution in [-0.4, -0.2) is 23.5 Å². The van der Waals surface area contributed by atoms with Crippen LogP contribution in [0.1, 0.15) is 54.7 Å². The third kappa shape index (κ3) is 4.90. The van der Waals surface area contributed by atoms with Gasteiger partial charge in [0.05, 0.1) is 11.7 Å². The highest BCUT2D eigenvalue weighted by Gasteiger charge is 2.16. The van der Waals surface area contributed by atoms with E-state index in [4.69, 9.17) is 4.98 Å². The van der Waals surface area contributed by atoms with Gasteiger partial charge in [-0.25, -0.2) is 4.98 Å². The number of rotatable bonds is 9. The number of hydrogen-bond donors (Lipinski definition) is 1. The second-order valence-electron chi connectivity index (χ2n) is 4.55. The van der Waals surface area contributed by atoms with Crippen LogP contribution in [0.5, 0.6) is 0 Å². The van der Waals surface area contributed by atoms with Crippen LogP contribution in [0.4, 0.5) is 0 Å². The number of aryl methyl sites for hydroxylation is 2. The van der Waals surface area contributed by atoms with E-state index in [0.717, 1.165) is 13.0 Å². The minimum Gasteiger partial charge on any atom is -0.308 e. The van der Waals surface area contributed by atoms with Crippen LogP contribution >= 0.6 is 23.1 Å². The summed E-state index contributed by atoms with van der Waals surface area (Å²) in [5, 5.41) is 4.94. The van der Waals surface area contributed by atoms with Gasteiger partial charge in [-0.3, -0.25) is 0 Å². The molecule has 1 atom stereocenters. The van der Waals surface area contributed by atoms with Gasteiger partial charge in [-0.15, -0.1) is 11.3 Å². The number of hydrogen-bond acceptors (Lipinski definition) is 4. The van der Waals surface area contributed by atoms with Gasteiger partial charge in [-0.1, -0.05) is 13.8 Å². The van der Waals surface area contributed by atoms with E-state index in [1.165, 1.54) is 40.6 Å². The highest BCUT2D eigenvalue weighted by Crippen LogP contribution is 2.27. The first-order valence-electron chi connectivity index (χ1n) is 6.91. The van der Waals surface area contributed by atoms with Gasteiger partial charge in [0.15, 0.2) is 0 Å². The summed E-state index contributed by atoms with van der Waals surface area (Å²) in [7, 11) is 0. The van der Waals surface area contributed by atoms with Gasteiger partial charge in [0.1, 0.15) is 5.01 Å². The second-order valence-corrected chi connectivity index (χ2v) is 6.77. The van der Waals surface area contributed by atoms with Crippen molar-refractivity contribution in [1.82, 2.24) is 10.3 Å². The lowest BCUT2D eigenvalue weighted by atomic mass is 10.1. The molecule has 0 aliphatic carbocycles. The molecule has 1 aromatic heterocycles. The number of nitrogens with one attached hydrogen (secondary N) is 1. The summed E-state index contributed by atoms with van der Waals surface area (Å²) < 4.78 is 0. The second kappa shape index (κ2) is 8.94. The summed E-state index contributed by atoms with van der Waals surface area (Å²) in [6, 6.07) is 0.459. The quantitative estimate of drug-likeness (QED) is 0.689. The summed E-state index contributed by atoms with van der Waals surface area (Å²) >= 11 is 3.81. The summed E-state index contributed by atoms with van der Waals surface area (Å²) in [4.78, 5) is 6.20. The maximum Gasteiger partial charge on any atom is 0.110 e. The molecule has 0 fully saturated rings. The Hall–Kier alpha value is -0.0600. The van der Waals surface area contributed by atoms with E-state index in [-0.39, 0.29) is 0 Å². The van der Waals surface area contributed by atoms with E-state index >= 15 is 0 Å². The molecule has 2 nitrogen and oxygen atoms in total. The third-order valence-electron chi connectivity index (χ3n) is 3.02. The van der Waals surface area contributed by atoms with Crippen molar-refractivity contribution in [1.29, 1.82) is 0 Å². The van der Waals surface area contributed by atoms with Gasteiger partial charge in [0, 0.05) is 4.88 Å². The Morgan fingerprint density at radius 1 is 1.39 bits per heavy atom. The van der Waals surface area contributed by atoms with E-state index < -0.39 is 0 Å². The van der Waals surface area contributed by atoms with Crippen molar-refractivity contribution in [3.63, 3.8) is 0 Å². The first-order chi connectivity index (χ1) is 8.72. The van der Waals surface area contributed by atoms with Gasteiger partial charge >= 0.3 is 0 Å². The Morgan fingerprint density at radius 2 is 2.17 bits per heavy atom. The van der Waals surface area contributed by atoms with Crippen LogP contribution in [0.2, 0.25) is 0 Å². The Morgan fingerprint density at radius 3 is 2.72 bits per heavy atom. The average molecular weight is 287 g/mol. The van der Waals surface area contributed by atoms with Crippen molar-refractivity contribution in [2.75, 3.05) is 18.6 Å². The fourth-order valence-corrected chi connectivity index (χ4v) is 3.57. The number of aromatic nitrogens is 1. The number of thioether (sulfide) groups is 1. The molecule has 0 saturated heterocycles. The molecular formula is C14H26N2S2. The van der Waals surface area contributed by atoms with Gasteiger partial charge in [-0.05, 0) is 51.2 Å². The van der Waals surface area contributed by atoms with Crippen molar-refractivity contribution >= 4 is 23.1 Å². The molecule has 1 heterocycles. The Labute approximate surface area is 120 Å².